The van der Waals surface area contributed by atoms with Crippen molar-refractivity contribution in [1.82, 2.24) is 5.32 Å². The molecule has 1 unspecified atom stereocenters. The van der Waals surface area contributed by atoms with E-state index in [0.717, 1.165) is 6.07 Å². The molecular weight excluding hydrogens is 274 g/mol. The van der Waals surface area contributed by atoms with E-state index in [4.69, 9.17) is 9.84 Å². The molecule has 0 bridgehead atoms. The van der Waals surface area contributed by atoms with E-state index in [9.17, 15) is 18.4 Å². The molecule has 1 aromatic rings. The number of hydrogen-bond acceptors (Lipinski definition) is 3. The number of carbonyl (C=O) groups excluding carboxylic acids is 1. The molecule has 1 aromatic carbocycles. The first-order valence-electron chi connectivity index (χ1n) is 5.67. The van der Waals surface area contributed by atoms with Crippen LogP contribution in [-0.2, 0) is 9.53 Å². The van der Waals surface area contributed by atoms with Crippen LogP contribution in [0.2, 0.25) is 0 Å². The van der Waals surface area contributed by atoms with Crippen LogP contribution in [0.25, 0.3) is 0 Å². The van der Waals surface area contributed by atoms with E-state index in [2.05, 4.69) is 10.6 Å². The number of urea groups is 1. The first-order chi connectivity index (χ1) is 9.43. The molecule has 2 amide bonds. The van der Waals surface area contributed by atoms with Gasteiger partial charge in [-0.2, -0.15) is 0 Å². The van der Waals surface area contributed by atoms with Crippen LogP contribution in [0.15, 0.2) is 18.2 Å². The number of amides is 2. The van der Waals surface area contributed by atoms with Crippen molar-refractivity contribution >= 4 is 17.7 Å². The summed E-state index contributed by atoms with van der Waals surface area (Å²) < 4.78 is 31.0. The van der Waals surface area contributed by atoms with Crippen LogP contribution in [0.5, 0.6) is 0 Å². The van der Waals surface area contributed by atoms with Gasteiger partial charge in [-0.25, -0.2) is 13.6 Å². The maximum absolute atomic E-state index is 13.3. The molecule has 0 saturated heterocycles. The summed E-state index contributed by atoms with van der Waals surface area (Å²) in [4.78, 5) is 22.0. The van der Waals surface area contributed by atoms with Crippen molar-refractivity contribution in [2.75, 3.05) is 19.0 Å². The summed E-state index contributed by atoms with van der Waals surface area (Å²) in [5, 5.41) is 13.0. The Balaban J connectivity index is 2.51. The lowest BCUT2D eigenvalue weighted by Crippen LogP contribution is -2.37. The summed E-state index contributed by atoms with van der Waals surface area (Å²) >= 11 is 0. The minimum atomic E-state index is -1.17. The van der Waals surface area contributed by atoms with Gasteiger partial charge in [0.15, 0.2) is 11.6 Å². The Hall–Kier alpha value is -2.22. The fraction of sp³-hybridized carbons (Fsp3) is 0.333. The van der Waals surface area contributed by atoms with Crippen LogP contribution < -0.4 is 10.6 Å². The zero-order chi connectivity index (χ0) is 15.1. The van der Waals surface area contributed by atoms with Gasteiger partial charge in [-0.05, 0) is 12.1 Å². The van der Waals surface area contributed by atoms with Gasteiger partial charge in [-0.1, -0.05) is 6.07 Å². The third kappa shape index (κ3) is 4.81. The Bertz CT molecular complexity index is 496. The van der Waals surface area contributed by atoms with Crippen molar-refractivity contribution in [2.45, 2.75) is 12.5 Å². The van der Waals surface area contributed by atoms with E-state index in [0.29, 0.717) is 0 Å². The number of hydrogen-bond donors (Lipinski definition) is 3. The maximum Gasteiger partial charge on any atom is 0.319 e. The summed E-state index contributed by atoms with van der Waals surface area (Å²) in [6.45, 7) is -0.0778. The second-order valence-electron chi connectivity index (χ2n) is 3.89. The molecule has 110 valence electrons. The molecule has 20 heavy (non-hydrogen) atoms. The van der Waals surface area contributed by atoms with Gasteiger partial charge in [0.05, 0.1) is 18.2 Å². The monoisotopic (exact) mass is 288 g/mol. The van der Waals surface area contributed by atoms with Gasteiger partial charge in [0.2, 0.25) is 0 Å². The SMILES string of the molecule is COC(CNC(=O)Nc1cccc(F)c1F)CC(=O)O. The molecule has 0 radical (unpaired) electrons. The Morgan fingerprint density at radius 1 is 1.40 bits per heavy atom. The number of rotatable bonds is 6. The van der Waals surface area contributed by atoms with Gasteiger partial charge in [0, 0.05) is 13.7 Å². The van der Waals surface area contributed by atoms with Gasteiger partial charge in [0.1, 0.15) is 0 Å². The molecule has 3 N–H and O–H groups in total. The summed E-state index contributed by atoms with van der Waals surface area (Å²) in [6.07, 6.45) is -0.999. The number of carbonyl (C=O) groups is 2. The number of carboxylic acid groups (broad SMARTS) is 1. The second kappa shape index (κ2) is 7.39. The Kier molecular flexibility index (Phi) is 5.85. The first kappa shape index (κ1) is 15.8. The highest BCUT2D eigenvalue weighted by Gasteiger charge is 2.15. The number of carboxylic acids is 1. The van der Waals surface area contributed by atoms with E-state index < -0.39 is 29.7 Å². The zero-order valence-corrected chi connectivity index (χ0v) is 10.7. The van der Waals surface area contributed by atoms with Crippen molar-refractivity contribution in [2.24, 2.45) is 0 Å². The molecule has 0 fully saturated rings. The molecule has 8 heteroatoms. The van der Waals surface area contributed by atoms with Gasteiger partial charge < -0.3 is 20.5 Å². The maximum atomic E-state index is 13.3. The standard InChI is InChI=1S/C12H14F2N2O4/c1-20-7(5-10(17)18)6-15-12(19)16-9-4-2-3-8(13)11(9)14/h2-4,7H,5-6H2,1H3,(H,17,18)(H2,15,16,19). The largest absolute Gasteiger partial charge is 0.481 e. The molecule has 0 heterocycles. The Morgan fingerprint density at radius 2 is 2.10 bits per heavy atom. The minimum absolute atomic E-state index is 0.0778. The van der Waals surface area contributed by atoms with E-state index in [1.54, 1.807) is 0 Å². The average Bonchev–Trinajstić information content (AvgIpc) is 2.39. The molecule has 6 nitrogen and oxygen atoms in total. The minimum Gasteiger partial charge on any atom is -0.481 e. The summed E-state index contributed by atoms with van der Waals surface area (Å²) in [5.74, 6) is -3.32. The highest BCUT2D eigenvalue weighted by Crippen LogP contribution is 2.16. The molecular formula is C12H14F2N2O4. The third-order valence-corrected chi connectivity index (χ3v) is 2.43. The Labute approximate surface area is 113 Å². The fourth-order valence-electron chi connectivity index (χ4n) is 1.41. The summed E-state index contributed by atoms with van der Waals surface area (Å²) in [7, 11) is 1.30. The number of methoxy groups -OCH3 is 1. The highest BCUT2D eigenvalue weighted by atomic mass is 19.2. The number of nitrogens with one attached hydrogen (secondary N) is 2. The number of aliphatic carboxylic acids is 1. The number of ether oxygens (including phenoxy) is 1. The number of halogens is 2. The smallest absolute Gasteiger partial charge is 0.319 e. The number of benzene rings is 1. The van der Waals surface area contributed by atoms with Crippen molar-refractivity contribution < 1.29 is 28.2 Å². The molecule has 0 saturated carbocycles. The lowest BCUT2D eigenvalue weighted by molar-refractivity contribution is -0.139. The predicted molar refractivity (Wildman–Crippen MR) is 66.4 cm³/mol. The average molecular weight is 288 g/mol. The van der Waals surface area contributed by atoms with E-state index >= 15 is 0 Å². The lowest BCUT2D eigenvalue weighted by atomic mass is 10.2. The van der Waals surface area contributed by atoms with Crippen molar-refractivity contribution in [3.05, 3.63) is 29.8 Å². The third-order valence-electron chi connectivity index (χ3n) is 2.43. The van der Waals surface area contributed by atoms with E-state index in [1.165, 1.54) is 19.2 Å². The summed E-state index contributed by atoms with van der Waals surface area (Å²) in [6, 6.07) is 2.58. The first-order valence-corrected chi connectivity index (χ1v) is 5.67. The topological polar surface area (TPSA) is 87.7 Å². The van der Waals surface area contributed by atoms with Crippen molar-refractivity contribution in [3.8, 4) is 0 Å². The van der Waals surface area contributed by atoms with Crippen molar-refractivity contribution in [1.29, 1.82) is 0 Å². The molecule has 1 rings (SSSR count). The van der Waals surface area contributed by atoms with Crippen LogP contribution in [0.4, 0.5) is 19.3 Å². The normalized spacial score (nSPS) is 11.8. The van der Waals surface area contributed by atoms with Crippen LogP contribution in [0.1, 0.15) is 6.42 Å². The molecule has 0 aliphatic rings. The van der Waals surface area contributed by atoms with Crippen LogP contribution in [0, 0.1) is 11.6 Å². The molecule has 0 aromatic heterocycles. The van der Waals surface area contributed by atoms with Gasteiger partial charge in [0.25, 0.3) is 0 Å². The highest BCUT2D eigenvalue weighted by molar-refractivity contribution is 5.89. The van der Waals surface area contributed by atoms with Crippen molar-refractivity contribution in [3.63, 3.8) is 0 Å². The van der Waals surface area contributed by atoms with Gasteiger partial charge in [-0.15, -0.1) is 0 Å². The number of anilines is 1. The van der Waals surface area contributed by atoms with E-state index in [-0.39, 0.29) is 18.7 Å². The van der Waals surface area contributed by atoms with Crippen LogP contribution >= 0.6 is 0 Å². The van der Waals surface area contributed by atoms with Crippen LogP contribution in [-0.4, -0.2) is 36.9 Å². The molecule has 0 aliphatic heterocycles. The quantitative estimate of drug-likeness (QED) is 0.741. The van der Waals surface area contributed by atoms with Gasteiger partial charge >= 0.3 is 12.0 Å². The summed E-state index contributed by atoms with van der Waals surface area (Å²) in [5.41, 5.74) is -0.310. The van der Waals surface area contributed by atoms with E-state index in [1.807, 2.05) is 0 Å². The molecule has 1 atom stereocenters. The lowest BCUT2D eigenvalue weighted by Gasteiger charge is -2.14. The second-order valence-corrected chi connectivity index (χ2v) is 3.89. The predicted octanol–water partition coefficient (Wildman–Crippen LogP) is 1.58. The Morgan fingerprint density at radius 3 is 2.70 bits per heavy atom. The molecule has 0 aliphatic carbocycles. The van der Waals surface area contributed by atoms with Gasteiger partial charge in [-0.3, -0.25) is 4.79 Å². The zero-order valence-electron chi connectivity index (χ0n) is 10.7. The molecule has 0 spiro atoms. The van der Waals surface area contributed by atoms with Crippen LogP contribution in [0.3, 0.4) is 0 Å². The fourth-order valence-corrected chi connectivity index (χ4v) is 1.41.